The molecule has 0 unspecified atom stereocenters. The van der Waals surface area contributed by atoms with Crippen LogP contribution in [0.3, 0.4) is 0 Å². The lowest BCUT2D eigenvalue weighted by atomic mass is 10.1. The normalized spacial score (nSPS) is 16.0. The lowest BCUT2D eigenvalue weighted by molar-refractivity contribution is 0.478. The standard InChI is InChI=1S/C19H17NOS/c1-13-6-2-5-9-17(13)21-12-14-10-11-22-19-15-7-3-4-8-16(15)20-18(14)19/h2-9,12,20H,10-11H2,1H3/b14-12+. The van der Waals surface area contributed by atoms with Gasteiger partial charge < -0.3 is 9.72 Å². The fraction of sp³-hybridized carbons (Fsp3) is 0.158. The van der Waals surface area contributed by atoms with Gasteiger partial charge >= 0.3 is 0 Å². The van der Waals surface area contributed by atoms with E-state index in [2.05, 4.69) is 42.2 Å². The average Bonchev–Trinajstić information content (AvgIpc) is 2.93. The van der Waals surface area contributed by atoms with Gasteiger partial charge in [-0.1, -0.05) is 36.4 Å². The SMILES string of the molecule is Cc1ccccc1O/C=C1\CCSc2c1[nH]c1ccccc21. The molecule has 0 radical (unpaired) electrons. The molecule has 3 heteroatoms. The molecule has 1 aliphatic rings. The van der Waals surface area contributed by atoms with E-state index in [1.54, 1.807) is 0 Å². The molecule has 0 spiro atoms. The van der Waals surface area contributed by atoms with E-state index in [0.29, 0.717) is 0 Å². The summed E-state index contributed by atoms with van der Waals surface area (Å²) in [5, 5.41) is 1.31. The van der Waals surface area contributed by atoms with Crippen LogP contribution in [-0.4, -0.2) is 10.7 Å². The molecule has 1 aliphatic heterocycles. The van der Waals surface area contributed by atoms with E-state index < -0.39 is 0 Å². The molecule has 0 bridgehead atoms. The number of nitrogens with one attached hydrogen (secondary N) is 1. The molecule has 0 fully saturated rings. The Hall–Kier alpha value is -2.13. The number of ether oxygens (including phenoxy) is 1. The molecule has 1 N–H and O–H groups in total. The summed E-state index contributed by atoms with van der Waals surface area (Å²) >= 11 is 1.93. The largest absolute Gasteiger partial charge is 0.464 e. The number of thioether (sulfide) groups is 1. The van der Waals surface area contributed by atoms with Crippen LogP contribution in [0.5, 0.6) is 5.75 Å². The molecule has 2 nitrogen and oxygen atoms in total. The maximum atomic E-state index is 5.94. The predicted octanol–water partition coefficient (Wildman–Crippen LogP) is 5.39. The van der Waals surface area contributed by atoms with E-state index in [0.717, 1.165) is 23.5 Å². The first-order valence-electron chi connectivity index (χ1n) is 7.48. The van der Waals surface area contributed by atoms with Crippen molar-refractivity contribution in [1.82, 2.24) is 4.98 Å². The summed E-state index contributed by atoms with van der Waals surface area (Å²) in [4.78, 5) is 4.90. The van der Waals surface area contributed by atoms with Crippen molar-refractivity contribution >= 4 is 28.2 Å². The van der Waals surface area contributed by atoms with Gasteiger partial charge in [-0.3, -0.25) is 0 Å². The molecule has 22 heavy (non-hydrogen) atoms. The number of hydrogen-bond donors (Lipinski definition) is 1. The Kier molecular flexibility index (Phi) is 3.43. The third-order valence-corrected chi connectivity index (χ3v) is 5.14. The number of para-hydroxylation sites is 2. The van der Waals surface area contributed by atoms with Gasteiger partial charge in [0.25, 0.3) is 0 Å². The molecular weight excluding hydrogens is 290 g/mol. The smallest absolute Gasteiger partial charge is 0.129 e. The van der Waals surface area contributed by atoms with Crippen molar-refractivity contribution in [3.8, 4) is 5.75 Å². The van der Waals surface area contributed by atoms with Gasteiger partial charge in [0.2, 0.25) is 0 Å². The number of aromatic amines is 1. The molecule has 2 heterocycles. The second-order valence-electron chi connectivity index (χ2n) is 5.50. The van der Waals surface area contributed by atoms with Crippen LogP contribution in [0.4, 0.5) is 0 Å². The molecule has 2 aromatic carbocycles. The Balaban J connectivity index is 1.73. The molecule has 0 saturated carbocycles. The second kappa shape index (κ2) is 5.58. The molecule has 0 atom stereocenters. The minimum absolute atomic E-state index is 0.922. The van der Waals surface area contributed by atoms with E-state index >= 15 is 0 Å². The van der Waals surface area contributed by atoms with E-state index in [9.17, 15) is 0 Å². The summed E-state index contributed by atoms with van der Waals surface area (Å²) in [6.45, 7) is 2.07. The Morgan fingerprint density at radius 2 is 1.91 bits per heavy atom. The highest BCUT2D eigenvalue weighted by Crippen LogP contribution is 2.41. The quantitative estimate of drug-likeness (QED) is 0.642. The minimum atomic E-state index is 0.922. The highest BCUT2D eigenvalue weighted by Gasteiger charge is 2.20. The molecule has 1 aromatic heterocycles. The van der Waals surface area contributed by atoms with Crippen molar-refractivity contribution in [2.45, 2.75) is 18.2 Å². The summed E-state index contributed by atoms with van der Waals surface area (Å²) in [5.41, 5.74) is 4.81. The zero-order valence-electron chi connectivity index (χ0n) is 12.4. The Morgan fingerprint density at radius 3 is 2.82 bits per heavy atom. The summed E-state index contributed by atoms with van der Waals surface area (Å²) in [5.74, 6) is 2.02. The van der Waals surface area contributed by atoms with Crippen LogP contribution in [0, 0.1) is 6.92 Å². The van der Waals surface area contributed by atoms with Gasteiger partial charge in [0.1, 0.15) is 5.75 Å². The maximum Gasteiger partial charge on any atom is 0.129 e. The first kappa shape index (κ1) is 13.5. The van der Waals surface area contributed by atoms with Crippen LogP contribution in [-0.2, 0) is 0 Å². The number of rotatable bonds is 2. The van der Waals surface area contributed by atoms with Gasteiger partial charge in [0.15, 0.2) is 0 Å². The predicted molar refractivity (Wildman–Crippen MR) is 93.4 cm³/mol. The summed E-state index contributed by atoms with van der Waals surface area (Å²) in [7, 11) is 0. The molecule has 0 amide bonds. The fourth-order valence-corrected chi connectivity index (χ4v) is 4.01. The lowest BCUT2D eigenvalue weighted by Crippen LogP contribution is -1.99. The minimum Gasteiger partial charge on any atom is -0.464 e. The molecule has 4 rings (SSSR count). The van der Waals surface area contributed by atoms with Crippen LogP contribution in [0.1, 0.15) is 17.7 Å². The topological polar surface area (TPSA) is 25.0 Å². The number of fused-ring (bicyclic) bond motifs is 3. The third-order valence-electron chi connectivity index (χ3n) is 4.02. The van der Waals surface area contributed by atoms with E-state index in [1.807, 2.05) is 36.2 Å². The van der Waals surface area contributed by atoms with E-state index in [1.165, 1.54) is 27.1 Å². The Morgan fingerprint density at radius 1 is 1.09 bits per heavy atom. The number of allylic oxidation sites excluding steroid dienone is 1. The fourth-order valence-electron chi connectivity index (χ4n) is 2.82. The molecule has 0 saturated heterocycles. The Bertz CT molecular complexity index is 863. The number of aryl methyl sites for hydroxylation is 1. The van der Waals surface area contributed by atoms with Crippen LogP contribution in [0.15, 0.2) is 59.7 Å². The highest BCUT2D eigenvalue weighted by atomic mass is 32.2. The van der Waals surface area contributed by atoms with Crippen molar-refractivity contribution in [2.24, 2.45) is 0 Å². The van der Waals surface area contributed by atoms with Crippen molar-refractivity contribution < 1.29 is 4.74 Å². The summed E-state index contributed by atoms with van der Waals surface area (Å²) in [6, 6.07) is 16.6. The highest BCUT2D eigenvalue weighted by molar-refractivity contribution is 7.99. The zero-order valence-corrected chi connectivity index (χ0v) is 13.2. The molecular formula is C19H17NOS. The van der Waals surface area contributed by atoms with Crippen LogP contribution >= 0.6 is 11.8 Å². The van der Waals surface area contributed by atoms with Gasteiger partial charge in [0.05, 0.1) is 12.0 Å². The molecule has 110 valence electrons. The monoisotopic (exact) mass is 307 g/mol. The summed E-state index contributed by atoms with van der Waals surface area (Å²) in [6.07, 6.45) is 2.94. The van der Waals surface area contributed by atoms with Crippen molar-refractivity contribution in [1.29, 1.82) is 0 Å². The van der Waals surface area contributed by atoms with Crippen molar-refractivity contribution in [2.75, 3.05) is 5.75 Å². The first-order valence-corrected chi connectivity index (χ1v) is 8.47. The zero-order chi connectivity index (χ0) is 14.9. The van der Waals surface area contributed by atoms with E-state index in [4.69, 9.17) is 4.74 Å². The van der Waals surface area contributed by atoms with Gasteiger partial charge in [-0.25, -0.2) is 0 Å². The lowest BCUT2D eigenvalue weighted by Gasteiger charge is -2.15. The summed E-state index contributed by atoms with van der Waals surface area (Å²) < 4.78 is 5.94. The molecule has 3 aromatic rings. The van der Waals surface area contributed by atoms with Crippen molar-refractivity contribution in [3.05, 3.63) is 66.1 Å². The second-order valence-corrected chi connectivity index (χ2v) is 6.60. The van der Waals surface area contributed by atoms with Gasteiger partial charge in [-0.2, -0.15) is 0 Å². The third kappa shape index (κ3) is 2.32. The van der Waals surface area contributed by atoms with Gasteiger partial charge in [-0.15, -0.1) is 11.8 Å². The number of benzene rings is 2. The average molecular weight is 307 g/mol. The first-order chi connectivity index (χ1) is 10.8. The number of hydrogen-bond acceptors (Lipinski definition) is 2. The van der Waals surface area contributed by atoms with Gasteiger partial charge in [-0.05, 0) is 31.0 Å². The van der Waals surface area contributed by atoms with Gasteiger partial charge in [0, 0.05) is 27.1 Å². The number of aromatic nitrogens is 1. The Labute approximate surface area is 134 Å². The molecule has 0 aliphatic carbocycles. The van der Waals surface area contributed by atoms with Crippen LogP contribution < -0.4 is 4.74 Å². The number of H-pyrrole nitrogens is 1. The maximum absolute atomic E-state index is 5.94. The van der Waals surface area contributed by atoms with E-state index in [-0.39, 0.29) is 0 Å². The van der Waals surface area contributed by atoms with Crippen molar-refractivity contribution in [3.63, 3.8) is 0 Å². The van der Waals surface area contributed by atoms with Crippen LogP contribution in [0.25, 0.3) is 16.5 Å². The van der Waals surface area contributed by atoms with Crippen LogP contribution in [0.2, 0.25) is 0 Å².